The lowest BCUT2D eigenvalue weighted by Crippen LogP contribution is -1.88. The van der Waals surface area contributed by atoms with Crippen LogP contribution in [0.3, 0.4) is 0 Å². The van der Waals surface area contributed by atoms with Crippen molar-refractivity contribution in [2.75, 3.05) is 0 Å². The molecule has 4 heteroatoms. The van der Waals surface area contributed by atoms with Crippen LogP contribution in [0.25, 0.3) is 16.9 Å². The molecule has 0 N–H and O–H groups in total. The summed E-state index contributed by atoms with van der Waals surface area (Å²) in [7, 11) is 0. The molecule has 3 heterocycles. The van der Waals surface area contributed by atoms with E-state index in [1.165, 1.54) is 0 Å². The van der Waals surface area contributed by atoms with Gasteiger partial charge in [0.05, 0.1) is 5.52 Å². The van der Waals surface area contributed by atoms with Crippen LogP contribution in [0.15, 0.2) is 48.9 Å². The lowest BCUT2D eigenvalue weighted by atomic mass is 10.2. The quantitative estimate of drug-likeness (QED) is 0.642. The summed E-state index contributed by atoms with van der Waals surface area (Å²) in [5, 5.41) is 0.521. The third-order valence-electron chi connectivity index (χ3n) is 2.44. The van der Waals surface area contributed by atoms with E-state index in [9.17, 15) is 0 Å². The topological polar surface area (TPSA) is 30.2 Å². The average molecular weight is 230 g/mol. The Labute approximate surface area is 97.3 Å². The van der Waals surface area contributed by atoms with Crippen LogP contribution in [0.4, 0.5) is 0 Å². The molecule has 0 aliphatic rings. The van der Waals surface area contributed by atoms with Gasteiger partial charge in [0.25, 0.3) is 0 Å². The Hall–Kier alpha value is -1.87. The predicted octanol–water partition coefficient (Wildman–Crippen LogP) is 3.05. The Bertz CT molecular complexity index is 631. The Balaban J connectivity index is 2.33. The second kappa shape index (κ2) is 3.61. The van der Waals surface area contributed by atoms with E-state index in [-0.39, 0.29) is 0 Å². The number of nitrogens with zero attached hydrogens (tertiary/aromatic N) is 3. The van der Waals surface area contributed by atoms with E-state index in [0.717, 1.165) is 16.9 Å². The van der Waals surface area contributed by atoms with Gasteiger partial charge in [-0.05, 0) is 24.3 Å². The van der Waals surface area contributed by atoms with Gasteiger partial charge in [-0.2, -0.15) is 0 Å². The van der Waals surface area contributed by atoms with Crippen LogP contribution < -0.4 is 0 Å². The van der Waals surface area contributed by atoms with Crippen molar-refractivity contribution in [2.45, 2.75) is 0 Å². The van der Waals surface area contributed by atoms with Crippen molar-refractivity contribution in [1.29, 1.82) is 0 Å². The van der Waals surface area contributed by atoms with Gasteiger partial charge < -0.3 is 0 Å². The van der Waals surface area contributed by atoms with Gasteiger partial charge in [0.15, 0.2) is 5.15 Å². The van der Waals surface area contributed by atoms with Gasteiger partial charge >= 0.3 is 0 Å². The number of aromatic nitrogens is 3. The molecule has 0 fully saturated rings. The van der Waals surface area contributed by atoms with Gasteiger partial charge in [-0.15, -0.1) is 0 Å². The number of fused-ring (bicyclic) bond motifs is 1. The highest BCUT2D eigenvalue weighted by atomic mass is 35.5. The number of pyridine rings is 2. The average Bonchev–Trinajstić information content (AvgIpc) is 2.69. The molecule has 16 heavy (non-hydrogen) atoms. The first-order valence-corrected chi connectivity index (χ1v) is 5.27. The van der Waals surface area contributed by atoms with Crippen LogP contribution in [0.5, 0.6) is 0 Å². The minimum atomic E-state index is 0.521. The first-order chi connectivity index (χ1) is 7.86. The maximum Gasteiger partial charge on any atom is 0.155 e. The summed E-state index contributed by atoms with van der Waals surface area (Å²) in [6.45, 7) is 0. The first-order valence-electron chi connectivity index (χ1n) is 4.89. The first kappa shape index (κ1) is 9.36. The van der Waals surface area contributed by atoms with Crippen molar-refractivity contribution >= 4 is 17.1 Å². The monoisotopic (exact) mass is 229 g/mol. The molecule has 3 aromatic heterocycles. The van der Waals surface area contributed by atoms with Crippen molar-refractivity contribution in [3.8, 4) is 11.4 Å². The molecule has 0 bridgehead atoms. The van der Waals surface area contributed by atoms with Gasteiger partial charge in [-0.1, -0.05) is 17.7 Å². The zero-order valence-electron chi connectivity index (χ0n) is 8.34. The van der Waals surface area contributed by atoms with E-state index in [0.29, 0.717) is 5.15 Å². The van der Waals surface area contributed by atoms with E-state index in [1.807, 2.05) is 40.9 Å². The Morgan fingerprint density at radius 2 is 1.88 bits per heavy atom. The number of hydrogen-bond acceptors (Lipinski definition) is 2. The van der Waals surface area contributed by atoms with Crippen molar-refractivity contribution in [2.24, 2.45) is 0 Å². The molecule has 0 aromatic carbocycles. The lowest BCUT2D eigenvalue weighted by Gasteiger charge is -1.99. The molecule has 3 rings (SSSR count). The molecule has 78 valence electrons. The lowest BCUT2D eigenvalue weighted by molar-refractivity contribution is 1.16. The summed E-state index contributed by atoms with van der Waals surface area (Å²) in [6.07, 6.45) is 5.43. The molecular formula is C12H8ClN3. The summed E-state index contributed by atoms with van der Waals surface area (Å²) >= 11 is 6.08. The fourth-order valence-corrected chi connectivity index (χ4v) is 1.94. The molecule has 0 unspecified atom stereocenters. The fourth-order valence-electron chi connectivity index (χ4n) is 1.70. The smallest absolute Gasteiger partial charge is 0.155 e. The van der Waals surface area contributed by atoms with Crippen LogP contribution >= 0.6 is 11.6 Å². The van der Waals surface area contributed by atoms with Gasteiger partial charge in [0.1, 0.15) is 5.82 Å². The molecule has 3 aromatic rings. The molecule has 0 saturated heterocycles. The second-order valence-corrected chi connectivity index (χ2v) is 3.78. The third-order valence-corrected chi connectivity index (χ3v) is 2.72. The Kier molecular flexibility index (Phi) is 2.11. The molecule has 0 radical (unpaired) electrons. The van der Waals surface area contributed by atoms with Crippen molar-refractivity contribution in [1.82, 2.24) is 14.4 Å². The predicted molar refractivity (Wildman–Crippen MR) is 63.4 cm³/mol. The number of rotatable bonds is 1. The van der Waals surface area contributed by atoms with E-state index in [1.54, 1.807) is 12.4 Å². The van der Waals surface area contributed by atoms with Crippen molar-refractivity contribution < 1.29 is 0 Å². The molecule has 0 spiro atoms. The molecule has 0 saturated carbocycles. The van der Waals surface area contributed by atoms with Gasteiger partial charge in [-0.3, -0.25) is 9.38 Å². The third kappa shape index (κ3) is 1.37. The minimum Gasteiger partial charge on any atom is -0.298 e. The van der Waals surface area contributed by atoms with Crippen LogP contribution in [0.1, 0.15) is 0 Å². The highest BCUT2D eigenvalue weighted by molar-refractivity contribution is 6.32. The normalized spacial score (nSPS) is 10.8. The Morgan fingerprint density at radius 3 is 2.69 bits per heavy atom. The summed E-state index contributed by atoms with van der Waals surface area (Å²) in [6, 6.07) is 9.67. The van der Waals surface area contributed by atoms with E-state index in [2.05, 4.69) is 9.97 Å². The van der Waals surface area contributed by atoms with E-state index in [4.69, 9.17) is 11.6 Å². The van der Waals surface area contributed by atoms with Crippen molar-refractivity contribution in [3.05, 3.63) is 54.1 Å². The van der Waals surface area contributed by atoms with Crippen molar-refractivity contribution in [3.63, 3.8) is 0 Å². The summed E-state index contributed by atoms with van der Waals surface area (Å²) < 4.78 is 1.97. The maximum atomic E-state index is 6.08. The SMILES string of the molecule is Clc1nc(-c2ccncc2)n2ccccc12. The van der Waals surface area contributed by atoms with Crippen LogP contribution in [0, 0.1) is 0 Å². The highest BCUT2D eigenvalue weighted by Gasteiger charge is 2.09. The molecular weight excluding hydrogens is 222 g/mol. The Morgan fingerprint density at radius 1 is 1.06 bits per heavy atom. The summed E-state index contributed by atoms with van der Waals surface area (Å²) in [5.41, 5.74) is 1.92. The van der Waals surface area contributed by atoms with Crippen LogP contribution in [-0.4, -0.2) is 14.4 Å². The largest absolute Gasteiger partial charge is 0.298 e. The molecule has 0 amide bonds. The van der Waals surface area contributed by atoms with Gasteiger partial charge in [-0.25, -0.2) is 4.98 Å². The zero-order valence-corrected chi connectivity index (χ0v) is 9.09. The fraction of sp³-hybridized carbons (Fsp3) is 0. The second-order valence-electron chi connectivity index (χ2n) is 3.42. The number of hydrogen-bond donors (Lipinski definition) is 0. The van der Waals surface area contributed by atoms with E-state index < -0.39 is 0 Å². The number of imidazole rings is 1. The summed E-state index contributed by atoms with van der Waals surface area (Å²) in [5.74, 6) is 0.836. The minimum absolute atomic E-state index is 0.521. The standard InChI is InChI=1S/C12H8ClN3/c13-11-10-3-1-2-8-16(10)12(15-11)9-4-6-14-7-5-9/h1-8H. The molecule has 3 nitrogen and oxygen atoms in total. The van der Waals surface area contributed by atoms with Crippen LogP contribution in [-0.2, 0) is 0 Å². The molecule has 0 atom stereocenters. The molecule has 0 aliphatic carbocycles. The van der Waals surface area contributed by atoms with E-state index >= 15 is 0 Å². The summed E-state index contributed by atoms with van der Waals surface area (Å²) in [4.78, 5) is 8.35. The molecule has 0 aliphatic heterocycles. The highest BCUT2D eigenvalue weighted by Crippen LogP contribution is 2.24. The van der Waals surface area contributed by atoms with Gasteiger partial charge in [0.2, 0.25) is 0 Å². The van der Waals surface area contributed by atoms with Crippen LogP contribution in [0.2, 0.25) is 5.15 Å². The maximum absolute atomic E-state index is 6.08. The van der Waals surface area contributed by atoms with Gasteiger partial charge in [0, 0.05) is 24.2 Å². The zero-order chi connectivity index (χ0) is 11.0. The number of halogens is 1.